The molecule has 0 aromatic rings. The van der Waals surface area contributed by atoms with E-state index in [9.17, 15) is 0 Å². The van der Waals surface area contributed by atoms with Gasteiger partial charge in [-0.15, -0.1) is 0 Å². The third kappa shape index (κ3) is 8.35. The van der Waals surface area contributed by atoms with Crippen LogP contribution in [0.15, 0.2) is 0 Å². The Hall–Kier alpha value is 0.440. The van der Waals surface area contributed by atoms with Crippen molar-refractivity contribution in [3.05, 3.63) is 0 Å². The molecule has 11 heavy (non-hydrogen) atoms. The van der Waals surface area contributed by atoms with Gasteiger partial charge in [-0.3, -0.25) is 0 Å². The van der Waals surface area contributed by atoms with Crippen molar-refractivity contribution in [1.82, 2.24) is 0 Å². The Morgan fingerprint density at radius 3 is 2.55 bits per heavy atom. The van der Waals surface area contributed by atoms with Crippen LogP contribution >= 0.6 is 15.9 Å². The van der Waals surface area contributed by atoms with E-state index in [0.29, 0.717) is 0 Å². The van der Waals surface area contributed by atoms with E-state index < -0.39 is 0 Å². The van der Waals surface area contributed by atoms with Crippen LogP contribution in [0.4, 0.5) is 0 Å². The van der Waals surface area contributed by atoms with Crippen LogP contribution < -0.4 is 0 Å². The summed E-state index contributed by atoms with van der Waals surface area (Å²) in [7, 11) is 1.76. The Morgan fingerprint density at radius 2 is 2.00 bits per heavy atom. The van der Waals surface area contributed by atoms with Gasteiger partial charge in [-0.05, 0) is 19.3 Å². The maximum atomic E-state index is 4.96. The summed E-state index contributed by atoms with van der Waals surface area (Å²) in [5.74, 6) is 0. The van der Waals surface area contributed by atoms with E-state index >= 15 is 0 Å². The molecule has 0 saturated carbocycles. The van der Waals surface area contributed by atoms with Crippen LogP contribution in [0.3, 0.4) is 0 Å². The lowest BCUT2D eigenvalue weighted by atomic mass is 10.1. The molecular weight excluding hydrogens is 204 g/mol. The summed E-state index contributed by atoms with van der Waals surface area (Å²) >= 11 is 3.61. The number of methoxy groups -OCH3 is 1. The minimum absolute atomic E-state index is 0.727. The molecule has 0 aliphatic carbocycles. The van der Waals surface area contributed by atoms with Gasteiger partial charge in [-0.2, -0.15) is 0 Å². The van der Waals surface area contributed by atoms with Crippen LogP contribution in [0, 0.1) is 0 Å². The average molecular weight is 223 g/mol. The summed E-state index contributed by atoms with van der Waals surface area (Å²) in [6.45, 7) is 3.13. The minimum Gasteiger partial charge on any atom is -0.385 e. The molecule has 1 unspecified atom stereocenters. The molecule has 0 aromatic heterocycles. The van der Waals surface area contributed by atoms with E-state index in [1.165, 1.54) is 32.1 Å². The molecule has 0 aliphatic heterocycles. The first-order valence-electron chi connectivity index (χ1n) is 4.44. The number of alkyl halides is 1. The van der Waals surface area contributed by atoms with Gasteiger partial charge in [0.1, 0.15) is 0 Å². The molecule has 68 valence electrons. The Kier molecular flexibility index (Phi) is 8.88. The second kappa shape index (κ2) is 8.54. The fraction of sp³-hybridized carbons (Fsp3) is 1.00. The second-order valence-corrected chi connectivity index (χ2v) is 4.14. The van der Waals surface area contributed by atoms with E-state index in [1.54, 1.807) is 7.11 Å². The van der Waals surface area contributed by atoms with E-state index in [2.05, 4.69) is 22.9 Å². The molecule has 1 atom stereocenters. The van der Waals surface area contributed by atoms with Gasteiger partial charge in [-0.1, -0.05) is 35.7 Å². The number of unbranched alkanes of at least 4 members (excludes halogenated alkanes) is 2. The molecule has 1 nitrogen and oxygen atoms in total. The van der Waals surface area contributed by atoms with Gasteiger partial charge in [0.15, 0.2) is 0 Å². The summed E-state index contributed by atoms with van der Waals surface area (Å²) in [5, 5.41) is 0. The van der Waals surface area contributed by atoms with Gasteiger partial charge in [0.2, 0.25) is 0 Å². The molecule has 0 aliphatic rings. The highest BCUT2D eigenvalue weighted by Gasteiger charge is 1.98. The Labute approximate surface area is 78.6 Å². The molecule has 0 bridgehead atoms. The number of hydrogen-bond donors (Lipinski definition) is 0. The van der Waals surface area contributed by atoms with Crippen molar-refractivity contribution >= 4 is 15.9 Å². The first kappa shape index (κ1) is 11.4. The fourth-order valence-corrected chi connectivity index (χ4v) is 1.32. The quantitative estimate of drug-likeness (QED) is 0.475. The summed E-state index contributed by atoms with van der Waals surface area (Å²) in [6, 6.07) is 0. The molecule has 0 fully saturated rings. The third-order valence-electron chi connectivity index (χ3n) is 1.81. The highest BCUT2D eigenvalue weighted by atomic mass is 79.9. The van der Waals surface area contributed by atoms with E-state index in [-0.39, 0.29) is 0 Å². The Morgan fingerprint density at radius 1 is 1.27 bits per heavy atom. The number of hydrogen-bond acceptors (Lipinski definition) is 1. The van der Waals surface area contributed by atoms with Crippen molar-refractivity contribution in [2.45, 2.75) is 43.9 Å². The highest BCUT2D eigenvalue weighted by Crippen LogP contribution is 2.13. The summed E-state index contributed by atoms with van der Waals surface area (Å²) < 4.78 is 4.96. The lowest BCUT2D eigenvalue weighted by Gasteiger charge is -2.05. The predicted octanol–water partition coefficient (Wildman–Crippen LogP) is 3.37. The normalized spacial score (nSPS) is 13.4. The maximum Gasteiger partial charge on any atom is 0.0462 e. The average Bonchev–Trinajstić information content (AvgIpc) is 2.04. The lowest BCUT2D eigenvalue weighted by molar-refractivity contribution is 0.192. The molecule has 0 aromatic carbocycles. The van der Waals surface area contributed by atoms with Gasteiger partial charge < -0.3 is 4.74 Å². The van der Waals surface area contributed by atoms with Crippen LogP contribution in [0.1, 0.15) is 39.0 Å². The third-order valence-corrected chi connectivity index (χ3v) is 2.91. The van der Waals surface area contributed by atoms with Crippen molar-refractivity contribution in [2.75, 3.05) is 13.7 Å². The van der Waals surface area contributed by atoms with E-state index in [1.807, 2.05) is 0 Å². The maximum absolute atomic E-state index is 4.96. The van der Waals surface area contributed by atoms with Gasteiger partial charge >= 0.3 is 0 Å². The van der Waals surface area contributed by atoms with E-state index in [0.717, 1.165) is 11.4 Å². The van der Waals surface area contributed by atoms with Crippen LogP contribution in [0.5, 0.6) is 0 Å². The minimum atomic E-state index is 0.727. The zero-order chi connectivity index (χ0) is 8.53. The fourth-order valence-electron chi connectivity index (χ4n) is 0.993. The standard InChI is InChI=1S/C9H19BrO/c1-3-9(10)7-5-4-6-8-11-2/h9H,3-8H2,1-2H3. The molecule has 0 spiro atoms. The number of ether oxygens (including phenoxy) is 1. The van der Waals surface area contributed by atoms with Crippen molar-refractivity contribution in [3.8, 4) is 0 Å². The van der Waals surface area contributed by atoms with Gasteiger partial charge in [0, 0.05) is 18.5 Å². The van der Waals surface area contributed by atoms with Gasteiger partial charge in [0.05, 0.1) is 0 Å². The largest absolute Gasteiger partial charge is 0.385 e. The lowest BCUT2D eigenvalue weighted by Crippen LogP contribution is -1.95. The van der Waals surface area contributed by atoms with Crippen LogP contribution in [-0.2, 0) is 4.74 Å². The van der Waals surface area contributed by atoms with Crippen molar-refractivity contribution in [1.29, 1.82) is 0 Å². The smallest absolute Gasteiger partial charge is 0.0462 e. The molecular formula is C9H19BrO. The first-order chi connectivity index (χ1) is 5.31. The molecule has 0 rings (SSSR count). The summed E-state index contributed by atoms with van der Waals surface area (Å²) in [6.07, 6.45) is 6.38. The summed E-state index contributed by atoms with van der Waals surface area (Å²) in [5.41, 5.74) is 0. The SMILES string of the molecule is CCC(Br)CCCCCOC. The predicted molar refractivity (Wildman–Crippen MR) is 53.4 cm³/mol. The monoisotopic (exact) mass is 222 g/mol. The number of rotatable bonds is 7. The van der Waals surface area contributed by atoms with Crippen molar-refractivity contribution in [3.63, 3.8) is 0 Å². The van der Waals surface area contributed by atoms with Crippen LogP contribution in [-0.4, -0.2) is 18.5 Å². The van der Waals surface area contributed by atoms with Gasteiger partial charge in [-0.25, -0.2) is 0 Å². The summed E-state index contributed by atoms with van der Waals surface area (Å²) in [4.78, 5) is 0.727. The second-order valence-electron chi connectivity index (χ2n) is 2.85. The van der Waals surface area contributed by atoms with Crippen LogP contribution in [0.25, 0.3) is 0 Å². The topological polar surface area (TPSA) is 9.23 Å². The molecule has 0 radical (unpaired) electrons. The van der Waals surface area contributed by atoms with Crippen LogP contribution in [0.2, 0.25) is 0 Å². The Balaban J connectivity index is 2.89. The highest BCUT2D eigenvalue weighted by molar-refractivity contribution is 9.09. The number of halogens is 1. The molecule has 2 heteroatoms. The Bertz CT molecular complexity index is 76.0. The first-order valence-corrected chi connectivity index (χ1v) is 5.35. The van der Waals surface area contributed by atoms with Crippen molar-refractivity contribution < 1.29 is 4.74 Å². The molecule has 0 heterocycles. The van der Waals surface area contributed by atoms with Crippen molar-refractivity contribution in [2.24, 2.45) is 0 Å². The molecule has 0 saturated heterocycles. The zero-order valence-electron chi connectivity index (χ0n) is 7.61. The molecule has 0 N–H and O–H groups in total. The zero-order valence-corrected chi connectivity index (χ0v) is 9.19. The van der Waals surface area contributed by atoms with Gasteiger partial charge in [0.25, 0.3) is 0 Å². The molecule has 0 amide bonds. The van der Waals surface area contributed by atoms with E-state index in [4.69, 9.17) is 4.74 Å².